The summed E-state index contributed by atoms with van der Waals surface area (Å²) in [5.41, 5.74) is 1.75. The number of rotatable bonds is 3. The normalized spacial score (nSPS) is 11.5. The number of methoxy groups -OCH3 is 1. The van der Waals surface area contributed by atoms with E-state index in [1.54, 1.807) is 7.11 Å². The van der Waals surface area contributed by atoms with E-state index >= 15 is 0 Å². The number of ether oxygens (including phenoxy) is 1. The molecule has 15 heavy (non-hydrogen) atoms. The molecule has 0 saturated carbocycles. The van der Waals surface area contributed by atoms with Crippen molar-refractivity contribution < 1.29 is 4.74 Å². The van der Waals surface area contributed by atoms with Gasteiger partial charge in [0.2, 0.25) is 0 Å². The van der Waals surface area contributed by atoms with Crippen LogP contribution in [0.4, 0.5) is 0 Å². The second-order valence-electron chi connectivity index (χ2n) is 5.03. The zero-order valence-corrected chi connectivity index (χ0v) is 11.5. The predicted molar refractivity (Wildman–Crippen MR) is 68.5 cm³/mol. The first-order valence-corrected chi connectivity index (χ1v) is 6.04. The van der Waals surface area contributed by atoms with Crippen molar-refractivity contribution in [2.45, 2.75) is 33.6 Å². The fourth-order valence-electron chi connectivity index (χ4n) is 1.38. The van der Waals surface area contributed by atoms with E-state index in [-0.39, 0.29) is 0 Å². The number of benzene rings is 1. The maximum absolute atomic E-state index is 5.20. The van der Waals surface area contributed by atoms with Crippen LogP contribution < -0.4 is 4.74 Å². The Bertz CT molecular complexity index is 326. The van der Waals surface area contributed by atoms with Crippen molar-refractivity contribution in [2.75, 3.05) is 7.11 Å². The molecule has 0 amide bonds. The molecule has 0 bridgehead atoms. The molecule has 0 aliphatic rings. The van der Waals surface area contributed by atoms with Gasteiger partial charge in [-0.1, -0.05) is 26.8 Å². The third-order valence-electron chi connectivity index (χ3n) is 2.38. The summed E-state index contributed by atoms with van der Waals surface area (Å²) in [6, 6.07) is 6.29. The summed E-state index contributed by atoms with van der Waals surface area (Å²) in [6.07, 6.45) is 2.32. The molecule has 0 fully saturated rings. The van der Waals surface area contributed by atoms with Crippen LogP contribution in [0.1, 0.15) is 32.8 Å². The fraction of sp³-hybridized carbons (Fsp3) is 0.538. The van der Waals surface area contributed by atoms with Gasteiger partial charge < -0.3 is 4.74 Å². The molecule has 0 aliphatic carbocycles. The van der Waals surface area contributed by atoms with Gasteiger partial charge in [-0.25, -0.2) is 0 Å². The van der Waals surface area contributed by atoms with E-state index in [0.29, 0.717) is 5.41 Å². The first-order chi connectivity index (χ1) is 6.92. The van der Waals surface area contributed by atoms with E-state index in [0.717, 1.165) is 16.6 Å². The van der Waals surface area contributed by atoms with Crippen molar-refractivity contribution in [1.29, 1.82) is 0 Å². The average Bonchev–Trinajstić information content (AvgIpc) is 2.14. The first kappa shape index (κ1) is 12.6. The maximum Gasteiger partial charge on any atom is 0.133 e. The standard InChI is InChI=1S/C13H19BrO/c1-13(2,3)8-7-10-5-6-12(15-4)11(14)9-10/h5-6,9H,7-8H2,1-4H3. The molecule has 0 N–H and O–H groups in total. The van der Waals surface area contributed by atoms with Gasteiger partial charge in [-0.3, -0.25) is 0 Å². The second kappa shape index (κ2) is 5.02. The van der Waals surface area contributed by atoms with Crippen molar-refractivity contribution in [3.8, 4) is 5.75 Å². The molecule has 0 atom stereocenters. The highest BCUT2D eigenvalue weighted by Gasteiger charge is 2.10. The molecule has 2 heteroatoms. The Morgan fingerprint density at radius 2 is 1.93 bits per heavy atom. The largest absolute Gasteiger partial charge is 0.496 e. The Balaban J connectivity index is 2.68. The Morgan fingerprint density at radius 1 is 1.27 bits per heavy atom. The van der Waals surface area contributed by atoms with Crippen LogP contribution in [0.25, 0.3) is 0 Å². The molecule has 84 valence electrons. The van der Waals surface area contributed by atoms with Crippen molar-refractivity contribution in [3.05, 3.63) is 28.2 Å². The van der Waals surface area contributed by atoms with Gasteiger partial charge in [-0.05, 0) is 51.9 Å². The van der Waals surface area contributed by atoms with Crippen LogP contribution in [0.5, 0.6) is 5.75 Å². The summed E-state index contributed by atoms with van der Waals surface area (Å²) in [6.45, 7) is 6.81. The number of hydrogen-bond acceptors (Lipinski definition) is 1. The van der Waals surface area contributed by atoms with Crippen LogP contribution in [0.3, 0.4) is 0 Å². The Hall–Kier alpha value is -0.500. The highest BCUT2D eigenvalue weighted by atomic mass is 79.9. The van der Waals surface area contributed by atoms with Crippen LogP contribution >= 0.6 is 15.9 Å². The van der Waals surface area contributed by atoms with Gasteiger partial charge >= 0.3 is 0 Å². The zero-order valence-electron chi connectivity index (χ0n) is 9.93. The van der Waals surface area contributed by atoms with Gasteiger partial charge in [0.15, 0.2) is 0 Å². The smallest absolute Gasteiger partial charge is 0.133 e. The van der Waals surface area contributed by atoms with E-state index in [9.17, 15) is 0 Å². The van der Waals surface area contributed by atoms with E-state index in [2.05, 4.69) is 48.8 Å². The third-order valence-corrected chi connectivity index (χ3v) is 3.00. The summed E-state index contributed by atoms with van der Waals surface area (Å²) < 4.78 is 6.24. The highest BCUT2D eigenvalue weighted by Crippen LogP contribution is 2.28. The lowest BCUT2D eigenvalue weighted by Gasteiger charge is -2.18. The van der Waals surface area contributed by atoms with Crippen molar-refractivity contribution in [3.63, 3.8) is 0 Å². The van der Waals surface area contributed by atoms with E-state index in [4.69, 9.17) is 4.74 Å². The van der Waals surface area contributed by atoms with Crippen molar-refractivity contribution in [1.82, 2.24) is 0 Å². The summed E-state index contributed by atoms with van der Waals surface area (Å²) in [7, 11) is 1.69. The van der Waals surface area contributed by atoms with Gasteiger partial charge in [0.25, 0.3) is 0 Å². The van der Waals surface area contributed by atoms with E-state index in [1.165, 1.54) is 12.0 Å². The zero-order chi connectivity index (χ0) is 11.5. The lowest BCUT2D eigenvalue weighted by atomic mass is 9.89. The van der Waals surface area contributed by atoms with Crippen molar-refractivity contribution in [2.24, 2.45) is 5.41 Å². The molecule has 1 aromatic rings. The maximum atomic E-state index is 5.20. The highest BCUT2D eigenvalue weighted by molar-refractivity contribution is 9.10. The van der Waals surface area contributed by atoms with Crippen LogP contribution in [0.15, 0.2) is 22.7 Å². The second-order valence-corrected chi connectivity index (χ2v) is 5.88. The minimum atomic E-state index is 0.395. The van der Waals surface area contributed by atoms with Crippen LogP contribution in [0.2, 0.25) is 0 Å². The first-order valence-electron chi connectivity index (χ1n) is 5.25. The quantitative estimate of drug-likeness (QED) is 0.789. The molecule has 1 nitrogen and oxygen atoms in total. The summed E-state index contributed by atoms with van der Waals surface area (Å²) in [5.74, 6) is 0.898. The summed E-state index contributed by atoms with van der Waals surface area (Å²) in [4.78, 5) is 0. The molecule has 0 spiro atoms. The van der Waals surface area contributed by atoms with Crippen molar-refractivity contribution >= 4 is 15.9 Å². The minimum Gasteiger partial charge on any atom is -0.496 e. The lowest BCUT2D eigenvalue weighted by Crippen LogP contribution is -2.06. The van der Waals surface area contributed by atoms with Crippen LogP contribution in [0, 0.1) is 5.41 Å². The number of halogens is 1. The fourth-order valence-corrected chi connectivity index (χ4v) is 1.97. The van der Waals surface area contributed by atoms with Gasteiger partial charge in [0, 0.05) is 0 Å². The SMILES string of the molecule is COc1ccc(CCC(C)(C)C)cc1Br. The Morgan fingerprint density at radius 3 is 2.40 bits per heavy atom. The summed E-state index contributed by atoms with van der Waals surface area (Å²) >= 11 is 3.50. The molecular weight excluding hydrogens is 252 g/mol. The lowest BCUT2D eigenvalue weighted by molar-refractivity contribution is 0.378. The molecule has 0 heterocycles. The topological polar surface area (TPSA) is 9.23 Å². The summed E-state index contributed by atoms with van der Waals surface area (Å²) in [5, 5.41) is 0. The van der Waals surface area contributed by atoms with Gasteiger partial charge in [0.1, 0.15) is 5.75 Å². The van der Waals surface area contributed by atoms with Gasteiger partial charge in [-0.15, -0.1) is 0 Å². The Labute approximate surface area is 101 Å². The molecule has 1 aromatic carbocycles. The molecule has 0 aromatic heterocycles. The molecule has 0 unspecified atom stereocenters. The monoisotopic (exact) mass is 270 g/mol. The van der Waals surface area contributed by atoms with Gasteiger partial charge in [-0.2, -0.15) is 0 Å². The van der Waals surface area contributed by atoms with Crippen LogP contribution in [-0.2, 0) is 6.42 Å². The van der Waals surface area contributed by atoms with E-state index < -0.39 is 0 Å². The molecule has 0 saturated heterocycles. The van der Waals surface area contributed by atoms with Crippen LogP contribution in [-0.4, -0.2) is 7.11 Å². The number of hydrogen-bond donors (Lipinski definition) is 0. The van der Waals surface area contributed by atoms with E-state index in [1.807, 2.05) is 6.07 Å². The van der Waals surface area contributed by atoms with Gasteiger partial charge in [0.05, 0.1) is 11.6 Å². The minimum absolute atomic E-state index is 0.395. The average molecular weight is 271 g/mol. The number of aryl methyl sites for hydroxylation is 1. The molecule has 1 rings (SSSR count). The molecule has 0 radical (unpaired) electrons. The third kappa shape index (κ3) is 4.25. The molecular formula is C13H19BrO. The predicted octanol–water partition coefficient (Wildman–Crippen LogP) is 4.44. The Kier molecular flexibility index (Phi) is 4.21. The molecule has 0 aliphatic heterocycles.